The summed E-state index contributed by atoms with van der Waals surface area (Å²) >= 11 is 7.15. The molecule has 1 N–H and O–H groups in total. The second-order valence-corrected chi connectivity index (χ2v) is 9.09. The molecule has 0 bridgehead atoms. The fraction of sp³-hybridized carbons (Fsp3) is 0.304. The minimum Gasteiger partial charge on any atom is -0.379 e. The lowest BCUT2D eigenvalue weighted by molar-refractivity contribution is -0.113. The number of ether oxygens (including phenoxy) is 1. The molecule has 0 fully saturated rings. The van der Waals surface area contributed by atoms with E-state index in [-0.39, 0.29) is 23.3 Å². The minimum atomic E-state index is -0.178. The van der Waals surface area contributed by atoms with Crippen molar-refractivity contribution in [3.63, 3.8) is 0 Å². The number of para-hydroxylation sites is 1. The molecular weight excluding hydrogens is 462 g/mol. The summed E-state index contributed by atoms with van der Waals surface area (Å²) < 4.78 is 9.07. The number of amides is 1. The molecule has 0 aliphatic carbocycles. The van der Waals surface area contributed by atoms with Gasteiger partial charge in [-0.15, -0.1) is 10.2 Å². The zero-order valence-electron chi connectivity index (χ0n) is 18.3. The molecule has 0 radical (unpaired) electrons. The average Bonchev–Trinajstić information content (AvgIpc) is 3.22. The van der Waals surface area contributed by atoms with E-state index in [0.717, 1.165) is 0 Å². The average molecular weight is 486 g/mol. The van der Waals surface area contributed by atoms with Gasteiger partial charge in [-0.1, -0.05) is 35.5 Å². The van der Waals surface area contributed by atoms with Gasteiger partial charge >= 0.3 is 0 Å². The van der Waals surface area contributed by atoms with Crippen LogP contribution in [-0.2, 0) is 16.1 Å². The van der Waals surface area contributed by atoms with E-state index in [1.54, 1.807) is 34.9 Å². The van der Waals surface area contributed by atoms with Crippen molar-refractivity contribution in [1.29, 1.82) is 0 Å². The molecule has 0 saturated heterocycles. The van der Waals surface area contributed by atoms with Crippen molar-refractivity contribution in [2.45, 2.75) is 38.1 Å². The van der Waals surface area contributed by atoms with E-state index >= 15 is 0 Å². The molecule has 0 unspecified atom stereocenters. The summed E-state index contributed by atoms with van der Waals surface area (Å²) in [6.45, 7) is 4.96. The first kappa shape index (κ1) is 23.3. The summed E-state index contributed by atoms with van der Waals surface area (Å²) in [6.07, 6.45) is 0.804. The SMILES string of the molecule is CC(C)OCCCn1c(=O)c2ccccc2n2c(SCC(=O)Nc3ccc(Cl)cc3)nnc12. The largest absolute Gasteiger partial charge is 0.379 e. The number of rotatable bonds is 9. The summed E-state index contributed by atoms with van der Waals surface area (Å²) in [7, 11) is 0. The number of carbonyl (C=O) groups is 1. The van der Waals surface area contributed by atoms with Gasteiger partial charge in [0.1, 0.15) is 0 Å². The second-order valence-electron chi connectivity index (χ2n) is 7.71. The summed E-state index contributed by atoms with van der Waals surface area (Å²) in [5.41, 5.74) is 1.25. The third kappa shape index (κ3) is 5.38. The number of carbonyl (C=O) groups excluding carboxylic acids is 1. The van der Waals surface area contributed by atoms with Crippen molar-refractivity contribution in [2.75, 3.05) is 17.7 Å². The van der Waals surface area contributed by atoms with Crippen LogP contribution in [0.25, 0.3) is 16.7 Å². The number of nitrogens with zero attached hydrogens (tertiary/aromatic N) is 4. The summed E-state index contributed by atoms with van der Waals surface area (Å²) in [5, 5.41) is 13.1. The lowest BCUT2D eigenvalue weighted by atomic mass is 10.2. The molecular formula is C23H24ClN5O3S. The number of anilines is 1. The molecule has 2 heterocycles. The Morgan fingerprint density at radius 2 is 1.91 bits per heavy atom. The molecule has 172 valence electrons. The Hall–Kier alpha value is -2.88. The highest BCUT2D eigenvalue weighted by Crippen LogP contribution is 2.22. The van der Waals surface area contributed by atoms with Crippen molar-refractivity contribution < 1.29 is 9.53 Å². The molecule has 0 spiro atoms. The lowest BCUT2D eigenvalue weighted by Crippen LogP contribution is -2.24. The van der Waals surface area contributed by atoms with Gasteiger partial charge in [-0.25, -0.2) is 0 Å². The van der Waals surface area contributed by atoms with Crippen molar-refractivity contribution >= 4 is 51.6 Å². The van der Waals surface area contributed by atoms with E-state index in [1.807, 2.05) is 36.4 Å². The van der Waals surface area contributed by atoms with Crippen molar-refractivity contribution in [3.05, 3.63) is 63.9 Å². The minimum absolute atomic E-state index is 0.118. The molecule has 10 heteroatoms. The molecule has 4 rings (SSSR count). The smallest absolute Gasteiger partial charge is 0.262 e. The van der Waals surface area contributed by atoms with Gasteiger partial charge in [-0.2, -0.15) is 0 Å². The lowest BCUT2D eigenvalue weighted by Gasteiger charge is -2.12. The molecule has 0 saturated carbocycles. The van der Waals surface area contributed by atoms with Crippen LogP contribution in [-0.4, -0.2) is 43.5 Å². The molecule has 33 heavy (non-hydrogen) atoms. The number of nitrogens with one attached hydrogen (secondary N) is 1. The highest BCUT2D eigenvalue weighted by molar-refractivity contribution is 7.99. The fourth-order valence-corrected chi connectivity index (χ4v) is 4.30. The van der Waals surface area contributed by atoms with Crippen LogP contribution in [0.2, 0.25) is 5.02 Å². The van der Waals surface area contributed by atoms with Crippen LogP contribution in [0, 0.1) is 0 Å². The van der Waals surface area contributed by atoms with Gasteiger partial charge < -0.3 is 10.1 Å². The maximum Gasteiger partial charge on any atom is 0.262 e. The summed E-state index contributed by atoms with van der Waals surface area (Å²) in [6, 6.07) is 14.3. The Balaban J connectivity index is 1.59. The molecule has 0 aliphatic heterocycles. The van der Waals surface area contributed by atoms with Crippen LogP contribution < -0.4 is 10.9 Å². The van der Waals surface area contributed by atoms with E-state index in [2.05, 4.69) is 15.5 Å². The van der Waals surface area contributed by atoms with Gasteiger partial charge in [0, 0.05) is 23.9 Å². The Kier molecular flexibility index (Phi) is 7.32. The zero-order valence-corrected chi connectivity index (χ0v) is 19.9. The maximum atomic E-state index is 13.1. The predicted molar refractivity (Wildman–Crippen MR) is 131 cm³/mol. The maximum absolute atomic E-state index is 13.1. The molecule has 0 atom stereocenters. The molecule has 0 aliphatic rings. The molecule has 2 aromatic carbocycles. The third-order valence-electron chi connectivity index (χ3n) is 4.92. The van der Waals surface area contributed by atoms with Crippen LogP contribution in [0.5, 0.6) is 0 Å². The quantitative estimate of drug-likeness (QED) is 0.281. The van der Waals surface area contributed by atoms with Crippen LogP contribution in [0.3, 0.4) is 0 Å². The Morgan fingerprint density at radius 1 is 1.15 bits per heavy atom. The second kappa shape index (κ2) is 10.4. The van der Waals surface area contributed by atoms with Gasteiger partial charge in [0.15, 0.2) is 5.16 Å². The molecule has 8 nitrogen and oxygen atoms in total. The van der Waals surface area contributed by atoms with E-state index in [4.69, 9.17) is 16.3 Å². The van der Waals surface area contributed by atoms with Crippen molar-refractivity contribution in [2.24, 2.45) is 0 Å². The topological polar surface area (TPSA) is 90.5 Å². The molecule has 2 aromatic heterocycles. The highest BCUT2D eigenvalue weighted by Gasteiger charge is 2.17. The number of fused-ring (bicyclic) bond motifs is 3. The van der Waals surface area contributed by atoms with Gasteiger partial charge in [0.25, 0.3) is 5.56 Å². The molecule has 4 aromatic rings. The Labute approximate surface area is 199 Å². The van der Waals surface area contributed by atoms with Gasteiger partial charge in [0.05, 0.1) is 22.8 Å². The monoisotopic (exact) mass is 485 g/mol. The van der Waals surface area contributed by atoms with E-state index in [1.165, 1.54) is 11.8 Å². The first-order valence-corrected chi connectivity index (χ1v) is 12.0. The van der Waals surface area contributed by atoms with Crippen LogP contribution >= 0.6 is 23.4 Å². The number of aromatic nitrogens is 4. The van der Waals surface area contributed by atoms with Gasteiger partial charge in [-0.3, -0.25) is 18.6 Å². The number of hydrogen-bond donors (Lipinski definition) is 1. The van der Waals surface area contributed by atoms with Crippen molar-refractivity contribution in [3.8, 4) is 0 Å². The standard InChI is InChI=1S/C23H24ClN5O3S/c1-15(2)32-13-5-12-28-21(31)18-6-3-4-7-19(18)29-22(28)26-27-23(29)33-14-20(30)25-17-10-8-16(24)9-11-17/h3-4,6-11,15H,5,12-14H2,1-2H3,(H,25,30). The van der Waals surface area contributed by atoms with E-state index < -0.39 is 0 Å². The summed E-state index contributed by atoms with van der Waals surface area (Å²) in [5.74, 6) is 0.408. The first-order chi connectivity index (χ1) is 15.9. The number of aryl methyl sites for hydroxylation is 1. The number of thioether (sulfide) groups is 1. The van der Waals surface area contributed by atoms with Gasteiger partial charge in [-0.05, 0) is 56.7 Å². The first-order valence-electron chi connectivity index (χ1n) is 10.6. The van der Waals surface area contributed by atoms with Crippen LogP contribution in [0.1, 0.15) is 20.3 Å². The Bertz CT molecular complexity index is 1330. The zero-order chi connectivity index (χ0) is 23.4. The number of benzene rings is 2. The Morgan fingerprint density at radius 3 is 2.67 bits per heavy atom. The fourth-order valence-electron chi connectivity index (χ4n) is 3.43. The third-order valence-corrected chi connectivity index (χ3v) is 6.10. The van der Waals surface area contributed by atoms with E-state index in [9.17, 15) is 9.59 Å². The van der Waals surface area contributed by atoms with Gasteiger partial charge in [0.2, 0.25) is 11.7 Å². The molecule has 1 amide bonds. The highest BCUT2D eigenvalue weighted by atomic mass is 35.5. The predicted octanol–water partition coefficient (Wildman–Crippen LogP) is 4.24. The summed E-state index contributed by atoms with van der Waals surface area (Å²) in [4.78, 5) is 25.6. The van der Waals surface area contributed by atoms with Crippen LogP contribution in [0.15, 0.2) is 58.5 Å². The number of halogens is 1. The number of hydrogen-bond acceptors (Lipinski definition) is 6. The van der Waals surface area contributed by atoms with E-state index in [0.29, 0.717) is 52.1 Å². The van der Waals surface area contributed by atoms with Crippen LogP contribution in [0.4, 0.5) is 5.69 Å². The van der Waals surface area contributed by atoms with Crippen molar-refractivity contribution in [1.82, 2.24) is 19.2 Å². The normalized spacial score (nSPS) is 11.5.